The van der Waals surface area contributed by atoms with Crippen LogP contribution in [0.3, 0.4) is 0 Å². The van der Waals surface area contributed by atoms with Gasteiger partial charge in [0.1, 0.15) is 4.90 Å². The van der Waals surface area contributed by atoms with E-state index in [1.165, 1.54) is 6.07 Å². The van der Waals surface area contributed by atoms with Gasteiger partial charge in [0.25, 0.3) is 0 Å². The Kier molecular flexibility index (Phi) is 6.32. The fourth-order valence-corrected chi connectivity index (χ4v) is 5.00. The molecule has 1 atom stereocenters. The molecule has 1 N–H and O–H groups in total. The summed E-state index contributed by atoms with van der Waals surface area (Å²) in [5.41, 5.74) is -0.487. The van der Waals surface area contributed by atoms with Crippen molar-refractivity contribution in [1.82, 2.24) is 4.72 Å². The maximum Gasteiger partial charge on any atom is 0.242 e. The van der Waals surface area contributed by atoms with Crippen molar-refractivity contribution in [2.24, 2.45) is 0 Å². The molecule has 0 aliphatic rings. The van der Waals surface area contributed by atoms with Gasteiger partial charge in [0.2, 0.25) is 10.0 Å². The van der Waals surface area contributed by atoms with Crippen LogP contribution in [-0.2, 0) is 10.0 Å². The summed E-state index contributed by atoms with van der Waals surface area (Å²) in [6.45, 7) is 3.84. The zero-order chi connectivity index (χ0) is 14.7. The van der Waals surface area contributed by atoms with E-state index in [0.29, 0.717) is 12.8 Å². The third kappa shape index (κ3) is 4.70. The topological polar surface area (TPSA) is 46.2 Å². The van der Waals surface area contributed by atoms with Gasteiger partial charge >= 0.3 is 0 Å². The summed E-state index contributed by atoms with van der Waals surface area (Å²) in [5.74, 6) is 0. The van der Waals surface area contributed by atoms with E-state index in [1.807, 2.05) is 13.8 Å². The van der Waals surface area contributed by atoms with Gasteiger partial charge in [-0.25, -0.2) is 13.1 Å². The van der Waals surface area contributed by atoms with E-state index < -0.39 is 15.6 Å². The molecule has 0 heterocycles. The number of hydrogen-bond acceptors (Lipinski definition) is 2. The van der Waals surface area contributed by atoms with Crippen LogP contribution in [0.4, 0.5) is 0 Å². The first kappa shape index (κ1) is 17.4. The summed E-state index contributed by atoms with van der Waals surface area (Å²) >= 11 is 12.6. The van der Waals surface area contributed by atoms with Crippen LogP contribution in [0.1, 0.15) is 26.7 Å². The van der Waals surface area contributed by atoms with E-state index in [0.717, 1.165) is 9.80 Å². The van der Waals surface area contributed by atoms with E-state index in [4.69, 9.17) is 11.6 Å². The van der Waals surface area contributed by atoms with Crippen molar-refractivity contribution < 1.29 is 8.42 Å². The molecule has 19 heavy (non-hydrogen) atoms. The van der Waals surface area contributed by atoms with Crippen LogP contribution >= 0.6 is 43.5 Å². The lowest BCUT2D eigenvalue weighted by molar-refractivity contribution is 0.392. The van der Waals surface area contributed by atoms with Crippen LogP contribution in [0.2, 0.25) is 5.02 Å². The van der Waals surface area contributed by atoms with Gasteiger partial charge in [0, 0.05) is 15.3 Å². The van der Waals surface area contributed by atoms with E-state index in [2.05, 4.69) is 36.6 Å². The summed E-state index contributed by atoms with van der Waals surface area (Å²) in [6.07, 6.45) is 1.41. The molecule has 108 valence electrons. The van der Waals surface area contributed by atoms with Gasteiger partial charge in [-0.1, -0.05) is 50.4 Å². The summed E-state index contributed by atoms with van der Waals surface area (Å²) in [4.78, 5) is 0.103. The molecule has 0 aromatic heterocycles. The highest BCUT2D eigenvalue weighted by Gasteiger charge is 2.29. The molecule has 0 radical (unpaired) electrons. The third-order valence-electron chi connectivity index (χ3n) is 2.99. The van der Waals surface area contributed by atoms with Crippen LogP contribution in [0.15, 0.2) is 27.6 Å². The third-order valence-corrected chi connectivity index (χ3v) is 6.00. The Hall–Kier alpha value is 0.380. The van der Waals surface area contributed by atoms with Crippen LogP contribution in [0, 0.1) is 0 Å². The average Bonchev–Trinajstić information content (AvgIpc) is 2.27. The average molecular weight is 434 g/mol. The van der Waals surface area contributed by atoms with E-state index in [1.54, 1.807) is 12.1 Å². The van der Waals surface area contributed by atoms with Crippen molar-refractivity contribution in [3.8, 4) is 0 Å². The van der Waals surface area contributed by atoms with Crippen molar-refractivity contribution in [1.29, 1.82) is 0 Å². The van der Waals surface area contributed by atoms with Crippen molar-refractivity contribution in [3.63, 3.8) is 0 Å². The Balaban J connectivity index is 3.10. The minimum absolute atomic E-state index is 0.103. The lowest BCUT2D eigenvalue weighted by atomic mass is 9.98. The first-order chi connectivity index (χ1) is 8.74. The lowest BCUT2D eigenvalue weighted by Gasteiger charge is -2.28. The van der Waals surface area contributed by atoms with E-state index in [9.17, 15) is 8.42 Å². The van der Waals surface area contributed by atoms with Crippen molar-refractivity contribution in [2.45, 2.75) is 37.1 Å². The Morgan fingerprint density at radius 1 is 1.42 bits per heavy atom. The molecular formula is C12H16Br2ClNO2S. The fraction of sp³-hybridized carbons (Fsp3) is 0.500. The van der Waals surface area contributed by atoms with Crippen molar-refractivity contribution >= 4 is 53.5 Å². The monoisotopic (exact) mass is 431 g/mol. The van der Waals surface area contributed by atoms with Gasteiger partial charge in [-0.2, -0.15) is 0 Å². The molecule has 0 bridgehead atoms. The van der Waals surface area contributed by atoms with Gasteiger partial charge in [-0.3, -0.25) is 0 Å². The summed E-state index contributed by atoms with van der Waals surface area (Å²) in [5, 5.41) is 0.938. The lowest BCUT2D eigenvalue weighted by Crippen LogP contribution is -2.45. The largest absolute Gasteiger partial charge is 0.242 e. The zero-order valence-corrected chi connectivity index (χ0v) is 15.5. The molecule has 0 fully saturated rings. The maximum absolute atomic E-state index is 12.4. The summed E-state index contributed by atoms with van der Waals surface area (Å²) in [7, 11) is -3.62. The second kappa shape index (κ2) is 6.89. The maximum atomic E-state index is 12.4. The Labute approximate surface area is 136 Å². The Bertz CT molecular complexity index is 551. The summed E-state index contributed by atoms with van der Waals surface area (Å²) < 4.78 is 28.3. The predicted molar refractivity (Wildman–Crippen MR) is 86.6 cm³/mol. The van der Waals surface area contributed by atoms with Gasteiger partial charge in [0.15, 0.2) is 0 Å². The fourth-order valence-electron chi connectivity index (χ4n) is 1.58. The normalized spacial score (nSPS) is 15.2. The van der Waals surface area contributed by atoms with Crippen LogP contribution in [0.5, 0.6) is 0 Å². The molecule has 0 aliphatic heterocycles. The standard InChI is InChI=1S/C12H16Br2ClNO2S/c1-3-12(2,6-7-13)16-19(17,18)11-5-4-9(14)8-10(11)15/h4-5,8,16H,3,6-7H2,1-2H3. The highest BCUT2D eigenvalue weighted by atomic mass is 79.9. The molecule has 1 aromatic rings. The number of nitrogens with one attached hydrogen (secondary N) is 1. The molecule has 3 nitrogen and oxygen atoms in total. The molecule has 7 heteroatoms. The first-order valence-electron chi connectivity index (χ1n) is 5.79. The quantitative estimate of drug-likeness (QED) is 0.679. The molecule has 1 unspecified atom stereocenters. The second-order valence-corrected chi connectivity index (χ2v) is 8.30. The molecule has 1 rings (SSSR count). The minimum Gasteiger partial charge on any atom is -0.207 e. The molecule has 0 amide bonds. The second-order valence-electron chi connectivity index (χ2n) is 4.53. The van der Waals surface area contributed by atoms with Crippen molar-refractivity contribution in [3.05, 3.63) is 27.7 Å². The van der Waals surface area contributed by atoms with Gasteiger partial charge in [-0.15, -0.1) is 0 Å². The predicted octanol–water partition coefficient (Wildman–Crippen LogP) is 4.33. The van der Waals surface area contributed by atoms with Crippen LogP contribution in [-0.4, -0.2) is 19.3 Å². The number of alkyl halides is 1. The van der Waals surface area contributed by atoms with Gasteiger partial charge in [-0.05, 0) is 38.0 Å². The molecular weight excluding hydrogens is 417 g/mol. The van der Waals surface area contributed by atoms with E-state index in [-0.39, 0.29) is 9.92 Å². The zero-order valence-electron chi connectivity index (χ0n) is 10.7. The minimum atomic E-state index is -3.62. The van der Waals surface area contributed by atoms with E-state index >= 15 is 0 Å². The van der Waals surface area contributed by atoms with Gasteiger partial charge in [0.05, 0.1) is 5.02 Å². The number of halogens is 3. The molecule has 0 saturated carbocycles. The SMILES string of the molecule is CCC(C)(CCBr)NS(=O)(=O)c1ccc(Br)cc1Cl. The van der Waals surface area contributed by atoms with Crippen LogP contribution < -0.4 is 4.72 Å². The summed E-state index contributed by atoms with van der Waals surface area (Å²) in [6, 6.07) is 4.73. The number of sulfonamides is 1. The Morgan fingerprint density at radius 3 is 2.53 bits per heavy atom. The van der Waals surface area contributed by atoms with Crippen molar-refractivity contribution in [2.75, 3.05) is 5.33 Å². The molecule has 0 saturated heterocycles. The number of hydrogen-bond donors (Lipinski definition) is 1. The van der Waals surface area contributed by atoms with Crippen LogP contribution in [0.25, 0.3) is 0 Å². The number of rotatable bonds is 6. The molecule has 0 spiro atoms. The smallest absolute Gasteiger partial charge is 0.207 e. The molecule has 0 aliphatic carbocycles. The highest BCUT2D eigenvalue weighted by molar-refractivity contribution is 9.10. The Morgan fingerprint density at radius 2 is 2.05 bits per heavy atom. The molecule has 1 aromatic carbocycles. The highest BCUT2D eigenvalue weighted by Crippen LogP contribution is 2.27. The number of benzene rings is 1. The first-order valence-corrected chi connectivity index (χ1v) is 9.56. The van der Waals surface area contributed by atoms with Gasteiger partial charge < -0.3 is 0 Å².